The van der Waals surface area contributed by atoms with Gasteiger partial charge in [-0.3, -0.25) is 9.48 Å². The summed E-state index contributed by atoms with van der Waals surface area (Å²) in [4.78, 5) is 21.2. The first-order valence-corrected chi connectivity index (χ1v) is 8.08. The highest BCUT2D eigenvalue weighted by Gasteiger charge is 2.25. The van der Waals surface area contributed by atoms with Crippen LogP contribution in [0.25, 0.3) is 0 Å². The summed E-state index contributed by atoms with van der Waals surface area (Å²) in [5.74, 6) is 1.06. The molecule has 8 nitrogen and oxygen atoms in total. The van der Waals surface area contributed by atoms with Crippen LogP contribution in [0.2, 0.25) is 0 Å². The van der Waals surface area contributed by atoms with Crippen molar-refractivity contribution in [3.8, 4) is 11.6 Å². The highest BCUT2D eigenvalue weighted by molar-refractivity contribution is 5.95. The summed E-state index contributed by atoms with van der Waals surface area (Å²) in [6, 6.07) is 1.87. The Bertz CT molecular complexity index is 700. The van der Waals surface area contributed by atoms with Crippen molar-refractivity contribution in [2.75, 3.05) is 19.8 Å². The van der Waals surface area contributed by atoms with Gasteiger partial charge in [0, 0.05) is 31.4 Å². The van der Waals surface area contributed by atoms with Crippen molar-refractivity contribution >= 4 is 5.91 Å². The molecule has 3 heterocycles. The number of hydrogen-bond donors (Lipinski definition) is 1. The standard InChI is InChI=1S/C16H21N5O3/c1-11(2)14-19-12(13-16(20-14)24-10-9-23-13)15(22)17-5-3-7-21-8-4-6-18-21/h4,6,8,11H,3,5,7,9-10H2,1-2H3,(H,17,22). The third kappa shape index (κ3) is 3.64. The summed E-state index contributed by atoms with van der Waals surface area (Å²) in [5.41, 5.74) is 0.238. The van der Waals surface area contributed by atoms with E-state index in [2.05, 4.69) is 20.4 Å². The van der Waals surface area contributed by atoms with Gasteiger partial charge in [-0.25, -0.2) is 4.98 Å². The predicted molar refractivity (Wildman–Crippen MR) is 86.3 cm³/mol. The molecule has 0 unspecified atom stereocenters. The highest BCUT2D eigenvalue weighted by atomic mass is 16.6. The lowest BCUT2D eigenvalue weighted by atomic mass is 10.2. The van der Waals surface area contributed by atoms with E-state index in [-0.39, 0.29) is 17.5 Å². The number of carbonyl (C=O) groups is 1. The lowest BCUT2D eigenvalue weighted by molar-refractivity contribution is 0.0932. The van der Waals surface area contributed by atoms with Crippen molar-refractivity contribution in [3.05, 3.63) is 30.0 Å². The van der Waals surface area contributed by atoms with Gasteiger partial charge in [0.1, 0.15) is 19.0 Å². The molecule has 0 aliphatic carbocycles. The quantitative estimate of drug-likeness (QED) is 0.804. The van der Waals surface area contributed by atoms with Crippen molar-refractivity contribution in [1.82, 2.24) is 25.1 Å². The highest BCUT2D eigenvalue weighted by Crippen LogP contribution is 2.32. The van der Waals surface area contributed by atoms with E-state index in [9.17, 15) is 4.79 Å². The zero-order valence-electron chi connectivity index (χ0n) is 13.9. The Labute approximate surface area is 140 Å². The molecule has 3 rings (SSSR count). The van der Waals surface area contributed by atoms with Gasteiger partial charge < -0.3 is 14.8 Å². The Morgan fingerprint density at radius 1 is 1.33 bits per heavy atom. The van der Waals surface area contributed by atoms with Crippen LogP contribution >= 0.6 is 0 Å². The largest absolute Gasteiger partial charge is 0.483 e. The molecule has 1 amide bonds. The van der Waals surface area contributed by atoms with Crippen molar-refractivity contribution in [1.29, 1.82) is 0 Å². The summed E-state index contributed by atoms with van der Waals surface area (Å²) in [5, 5.41) is 7.00. The third-order valence-electron chi connectivity index (χ3n) is 3.56. The number of carbonyl (C=O) groups excluding carboxylic acids is 1. The number of nitrogens with one attached hydrogen (secondary N) is 1. The summed E-state index contributed by atoms with van der Waals surface area (Å²) in [7, 11) is 0. The van der Waals surface area contributed by atoms with Gasteiger partial charge in [-0.2, -0.15) is 10.1 Å². The van der Waals surface area contributed by atoms with E-state index in [1.54, 1.807) is 6.20 Å². The van der Waals surface area contributed by atoms with Crippen molar-refractivity contribution < 1.29 is 14.3 Å². The average molecular weight is 331 g/mol. The zero-order chi connectivity index (χ0) is 16.9. The SMILES string of the molecule is CC(C)c1nc2c(c(C(=O)NCCCn3cccn3)n1)OCCO2. The van der Waals surface area contributed by atoms with Crippen LogP contribution in [0.3, 0.4) is 0 Å². The van der Waals surface area contributed by atoms with Crippen LogP contribution < -0.4 is 14.8 Å². The first-order chi connectivity index (χ1) is 11.6. The van der Waals surface area contributed by atoms with Gasteiger partial charge in [0.15, 0.2) is 5.69 Å². The van der Waals surface area contributed by atoms with E-state index < -0.39 is 0 Å². The van der Waals surface area contributed by atoms with Gasteiger partial charge in [-0.1, -0.05) is 13.8 Å². The molecule has 0 fully saturated rings. The lowest BCUT2D eigenvalue weighted by Crippen LogP contribution is -2.29. The summed E-state index contributed by atoms with van der Waals surface area (Å²) < 4.78 is 12.9. The van der Waals surface area contributed by atoms with Gasteiger partial charge >= 0.3 is 0 Å². The van der Waals surface area contributed by atoms with E-state index in [1.165, 1.54) is 0 Å². The maximum Gasteiger partial charge on any atom is 0.274 e. The maximum atomic E-state index is 12.5. The molecule has 24 heavy (non-hydrogen) atoms. The summed E-state index contributed by atoms with van der Waals surface area (Å²) >= 11 is 0. The fraction of sp³-hybridized carbons (Fsp3) is 0.500. The zero-order valence-corrected chi connectivity index (χ0v) is 13.9. The van der Waals surface area contributed by atoms with Crippen LogP contribution in [0, 0.1) is 0 Å². The molecular weight excluding hydrogens is 310 g/mol. The van der Waals surface area contributed by atoms with Crippen LogP contribution in [0.1, 0.15) is 42.5 Å². The molecule has 0 aromatic carbocycles. The summed E-state index contributed by atoms with van der Waals surface area (Å²) in [6.45, 7) is 6.01. The van der Waals surface area contributed by atoms with E-state index in [4.69, 9.17) is 9.47 Å². The number of rotatable bonds is 6. The fourth-order valence-corrected chi connectivity index (χ4v) is 2.33. The number of aryl methyl sites for hydroxylation is 1. The molecule has 0 atom stereocenters. The molecular formula is C16H21N5O3. The number of fused-ring (bicyclic) bond motifs is 1. The molecule has 2 aromatic rings. The molecule has 2 aromatic heterocycles. The van der Waals surface area contributed by atoms with E-state index >= 15 is 0 Å². The first kappa shape index (κ1) is 16.2. The number of amides is 1. The molecule has 0 spiro atoms. The molecule has 0 radical (unpaired) electrons. The second kappa shape index (κ2) is 7.29. The molecule has 1 N–H and O–H groups in total. The van der Waals surface area contributed by atoms with Crippen molar-refractivity contribution in [3.63, 3.8) is 0 Å². The number of nitrogens with zero attached hydrogens (tertiary/aromatic N) is 4. The normalized spacial score (nSPS) is 13.1. The average Bonchev–Trinajstić information content (AvgIpc) is 3.11. The second-order valence-corrected chi connectivity index (χ2v) is 5.79. The van der Waals surface area contributed by atoms with E-state index in [1.807, 2.05) is 30.8 Å². The van der Waals surface area contributed by atoms with Gasteiger partial charge in [-0.15, -0.1) is 0 Å². The van der Waals surface area contributed by atoms with Crippen LogP contribution in [-0.2, 0) is 6.54 Å². The van der Waals surface area contributed by atoms with E-state index in [0.29, 0.717) is 37.2 Å². The Morgan fingerprint density at radius 2 is 2.17 bits per heavy atom. The maximum absolute atomic E-state index is 12.5. The van der Waals surface area contributed by atoms with Gasteiger partial charge in [0.25, 0.3) is 11.8 Å². The van der Waals surface area contributed by atoms with Crippen LogP contribution in [-0.4, -0.2) is 45.4 Å². The van der Waals surface area contributed by atoms with Gasteiger partial charge in [0.05, 0.1) is 0 Å². The minimum atomic E-state index is -0.276. The lowest BCUT2D eigenvalue weighted by Gasteiger charge is -2.20. The number of aromatic nitrogens is 4. The molecule has 1 aliphatic heterocycles. The second-order valence-electron chi connectivity index (χ2n) is 5.79. The molecule has 1 aliphatic rings. The van der Waals surface area contributed by atoms with Gasteiger partial charge in [-0.05, 0) is 12.5 Å². The fourth-order valence-electron chi connectivity index (χ4n) is 2.33. The van der Waals surface area contributed by atoms with Crippen molar-refractivity contribution in [2.45, 2.75) is 32.7 Å². The molecule has 0 saturated heterocycles. The molecule has 0 bridgehead atoms. The van der Waals surface area contributed by atoms with Crippen LogP contribution in [0.5, 0.6) is 11.6 Å². The van der Waals surface area contributed by atoms with Gasteiger partial charge in [0.2, 0.25) is 5.75 Å². The molecule has 0 saturated carbocycles. The van der Waals surface area contributed by atoms with Crippen LogP contribution in [0.15, 0.2) is 18.5 Å². The van der Waals surface area contributed by atoms with E-state index in [0.717, 1.165) is 13.0 Å². The first-order valence-electron chi connectivity index (χ1n) is 8.08. The Hall–Kier alpha value is -2.64. The third-order valence-corrected chi connectivity index (χ3v) is 3.56. The molecule has 8 heteroatoms. The monoisotopic (exact) mass is 331 g/mol. The summed E-state index contributed by atoms with van der Waals surface area (Å²) in [6.07, 6.45) is 4.40. The Kier molecular flexibility index (Phi) is 4.93. The Morgan fingerprint density at radius 3 is 2.92 bits per heavy atom. The number of ether oxygens (including phenoxy) is 2. The topological polar surface area (TPSA) is 91.2 Å². The van der Waals surface area contributed by atoms with Crippen LogP contribution in [0.4, 0.5) is 0 Å². The number of hydrogen-bond acceptors (Lipinski definition) is 6. The smallest absolute Gasteiger partial charge is 0.274 e. The van der Waals surface area contributed by atoms with Crippen molar-refractivity contribution in [2.24, 2.45) is 0 Å². The minimum absolute atomic E-state index is 0.0900. The minimum Gasteiger partial charge on any atom is -0.483 e. The predicted octanol–water partition coefficient (Wildman–Crippen LogP) is 1.39. The molecule has 128 valence electrons. The Balaban J connectivity index is 1.67.